The third-order valence-electron chi connectivity index (χ3n) is 3.42. The highest BCUT2D eigenvalue weighted by Gasteiger charge is 2.21. The van der Waals surface area contributed by atoms with Crippen LogP contribution in [0.1, 0.15) is 26.3 Å². The summed E-state index contributed by atoms with van der Waals surface area (Å²) in [5.74, 6) is 0.0118. The molecule has 0 aliphatic heterocycles. The van der Waals surface area contributed by atoms with Crippen LogP contribution in [0.4, 0.5) is 8.78 Å². The van der Waals surface area contributed by atoms with Crippen molar-refractivity contribution in [1.82, 2.24) is 5.32 Å². The van der Waals surface area contributed by atoms with Crippen LogP contribution in [0, 0.1) is 23.5 Å². The summed E-state index contributed by atoms with van der Waals surface area (Å²) in [5.41, 5.74) is 0.464. The van der Waals surface area contributed by atoms with Crippen molar-refractivity contribution >= 4 is 0 Å². The Labute approximate surface area is 102 Å². The van der Waals surface area contributed by atoms with E-state index in [1.54, 1.807) is 0 Å². The molecule has 0 spiro atoms. The van der Waals surface area contributed by atoms with Crippen molar-refractivity contribution in [1.29, 1.82) is 0 Å². The lowest BCUT2D eigenvalue weighted by Crippen LogP contribution is -2.35. The molecule has 0 radical (unpaired) electrons. The Morgan fingerprint density at radius 2 is 1.82 bits per heavy atom. The normalized spacial score (nSPS) is 15.0. The van der Waals surface area contributed by atoms with Crippen LogP contribution < -0.4 is 5.32 Å². The van der Waals surface area contributed by atoms with E-state index in [2.05, 4.69) is 26.1 Å². The van der Waals surface area contributed by atoms with E-state index in [1.165, 1.54) is 12.1 Å². The second-order valence-corrected chi connectivity index (χ2v) is 4.93. The number of halogens is 2. The molecule has 0 saturated carbocycles. The van der Waals surface area contributed by atoms with E-state index >= 15 is 0 Å². The maximum atomic E-state index is 13.6. The quantitative estimate of drug-likeness (QED) is 0.833. The van der Waals surface area contributed by atoms with Gasteiger partial charge in [-0.15, -0.1) is 0 Å². The molecule has 1 N–H and O–H groups in total. The number of benzene rings is 1. The Kier molecular flexibility index (Phi) is 5.06. The van der Waals surface area contributed by atoms with Crippen LogP contribution in [0.15, 0.2) is 18.2 Å². The molecule has 0 fully saturated rings. The third kappa shape index (κ3) is 3.77. The van der Waals surface area contributed by atoms with Gasteiger partial charge in [0.05, 0.1) is 0 Å². The van der Waals surface area contributed by atoms with Crippen LogP contribution in [-0.2, 0) is 6.42 Å². The SMILES string of the molecule is CNC(C)C(Cc1cc(F)ccc1F)C(C)C. The standard InChI is InChI=1S/C14H21F2N/c1-9(2)13(10(3)17-4)8-11-7-12(15)5-6-14(11)16/h5-7,9-10,13,17H,8H2,1-4H3. The Morgan fingerprint density at radius 3 is 2.35 bits per heavy atom. The van der Waals surface area contributed by atoms with Crippen LogP contribution in [0.5, 0.6) is 0 Å². The van der Waals surface area contributed by atoms with E-state index in [9.17, 15) is 8.78 Å². The average Bonchev–Trinajstić information content (AvgIpc) is 2.28. The fourth-order valence-electron chi connectivity index (χ4n) is 2.16. The lowest BCUT2D eigenvalue weighted by Gasteiger charge is -2.27. The van der Waals surface area contributed by atoms with Crippen molar-refractivity contribution in [2.75, 3.05) is 7.05 Å². The zero-order chi connectivity index (χ0) is 13.0. The van der Waals surface area contributed by atoms with E-state index in [-0.39, 0.29) is 23.6 Å². The van der Waals surface area contributed by atoms with Crippen molar-refractivity contribution in [3.8, 4) is 0 Å². The molecular formula is C14H21F2N. The Balaban J connectivity index is 2.89. The molecule has 2 unspecified atom stereocenters. The number of hydrogen-bond donors (Lipinski definition) is 1. The molecule has 96 valence electrons. The Hall–Kier alpha value is -0.960. The summed E-state index contributed by atoms with van der Waals surface area (Å²) in [6.07, 6.45) is 0.559. The summed E-state index contributed by atoms with van der Waals surface area (Å²) in [5, 5.41) is 3.18. The summed E-state index contributed by atoms with van der Waals surface area (Å²) < 4.78 is 26.7. The molecule has 0 bridgehead atoms. The lowest BCUT2D eigenvalue weighted by atomic mass is 9.84. The minimum atomic E-state index is -0.374. The van der Waals surface area contributed by atoms with Crippen molar-refractivity contribution in [3.63, 3.8) is 0 Å². The van der Waals surface area contributed by atoms with Gasteiger partial charge in [-0.2, -0.15) is 0 Å². The molecule has 17 heavy (non-hydrogen) atoms. The zero-order valence-corrected chi connectivity index (χ0v) is 10.9. The summed E-state index contributed by atoms with van der Waals surface area (Å²) in [4.78, 5) is 0. The van der Waals surface area contributed by atoms with E-state index in [1.807, 2.05) is 7.05 Å². The van der Waals surface area contributed by atoms with Gasteiger partial charge in [-0.25, -0.2) is 8.78 Å². The second-order valence-electron chi connectivity index (χ2n) is 4.93. The number of rotatable bonds is 5. The van der Waals surface area contributed by atoms with E-state index in [4.69, 9.17) is 0 Å². The van der Waals surface area contributed by atoms with Gasteiger partial charge in [0.25, 0.3) is 0 Å². The van der Waals surface area contributed by atoms with Crippen molar-refractivity contribution in [3.05, 3.63) is 35.4 Å². The van der Waals surface area contributed by atoms with Crippen LogP contribution in [0.25, 0.3) is 0 Å². The van der Waals surface area contributed by atoms with Gasteiger partial charge in [-0.1, -0.05) is 13.8 Å². The minimum Gasteiger partial charge on any atom is -0.317 e. The highest BCUT2D eigenvalue weighted by Crippen LogP contribution is 2.23. The van der Waals surface area contributed by atoms with Crippen LogP contribution in [-0.4, -0.2) is 13.1 Å². The Bertz CT molecular complexity index is 363. The van der Waals surface area contributed by atoms with Crippen LogP contribution in [0.2, 0.25) is 0 Å². The van der Waals surface area contributed by atoms with Crippen molar-refractivity contribution < 1.29 is 8.78 Å². The van der Waals surface area contributed by atoms with Gasteiger partial charge in [0.1, 0.15) is 11.6 Å². The molecule has 1 aromatic carbocycles. The van der Waals surface area contributed by atoms with Gasteiger partial charge >= 0.3 is 0 Å². The Morgan fingerprint density at radius 1 is 1.18 bits per heavy atom. The number of nitrogens with one attached hydrogen (secondary N) is 1. The van der Waals surface area contributed by atoms with Gasteiger partial charge in [0.2, 0.25) is 0 Å². The van der Waals surface area contributed by atoms with Gasteiger partial charge < -0.3 is 5.32 Å². The first kappa shape index (κ1) is 14.1. The van der Waals surface area contributed by atoms with Gasteiger partial charge in [0.15, 0.2) is 0 Å². The molecule has 0 saturated heterocycles. The maximum absolute atomic E-state index is 13.6. The molecule has 0 heterocycles. The van der Waals surface area contributed by atoms with Gasteiger partial charge in [0, 0.05) is 6.04 Å². The zero-order valence-electron chi connectivity index (χ0n) is 10.9. The first-order valence-corrected chi connectivity index (χ1v) is 6.07. The highest BCUT2D eigenvalue weighted by molar-refractivity contribution is 5.19. The first-order chi connectivity index (χ1) is 7.95. The highest BCUT2D eigenvalue weighted by atomic mass is 19.1. The third-order valence-corrected chi connectivity index (χ3v) is 3.42. The van der Waals surface area contributed by atoms with Crippen LogP contribution >= 0.6 is 0 Å². The second kappa shape index (κ2) is 6.10. The van der Waals surface area contributed by atoms with E-state index in [0.29, 0.717) is 17.9 Å². The molecule has 1 rings (SSSR count). The average molecular weight is 241 g/mol. The lowest BCUT2D eigenvalue weighted by molar-refractivity contribution is 0.297. The summed E-state index contributed by atoms with van der Waals surface area (Å²) in [7, 11) is 1.89. The van der Waals surface area contributed by atoms with Crippen LogP contribution in [0.3, 0.4) is 0 Å². The van der Waals surface area contributed by atoms with E-state index in [0.717, 1.165) is 6.07 Å². The predicted molar refractivity (Wildman–Crippen MR) is 66.9 cm³/mol. The molecule has 1 aromatic rings. The monoisotopic (exact) mass is 241 g/mol. The molecule has 0 aliphatic rings. The molecule has 2 atom stereocenters. The predicted octanol–water partition coefficient (Wildman–Crippen LogP) is 3.39. The fourth-order valence-corrected chi connectivity index (χ4v) is 2.16. The molecule has 0 amide bonds. The van der Waals surface area contributed by atoms with Gasteiger partial charge in [-0.05, 0) is 56.0 Å². The summed E-state index contributed by atoms with van der Waals surface area (Å²) in [6.45, 7) is 6.29. The molecular weight excluding hydrogens is 220 g/mol. The maximum Gasteiger partial charge on any atom is 0.126 e. The van der Waals surface area contributed by atoms with Gasteiger partial charge in [-0.3, -0.25) is 0 Å². The van der Waals surface area contributed by atoms with Crippen molar-refractivity contribution in [2.45, 2.75) is 33.2 Å². The molecule has 0 aromatic heterocycles. The molecule has 1 nitrogen and oxygen atoms in total. The number of hydrogen-bond acceptors (Lipinski definition) is 1. The largest absolute Gasteiger partial charge is 0.317 e. The fraction of sp³-hybridized carbons (Fsp3) is 0.571. The molecule has 0 aliphatic carbocycles. The summed E-state index contributed by atoms with van der Waals surface area (Å²) in [6, 6.07) is 3.93. The summed E-state index contributed by atoms with van der Waals surface area (Å²) >= 11 is 0. The topological polar surface area (TPSA) is 12.0 Å². The van der Waals surface area contributed by atoms with E-state index < -0.39 is 0 Å². The smallest absolute Gasteiger partial charge is 0.126 e. The van der Waals surface area contributed by atoms with Crippen molar-refractivity contribution in [2.24, 2.45) is 11.8 Å². The molecule has 3 heteroatoms. The minimum absolute atomic E-state index is 0.276. The first-order valence-electron chi connectivity index (χ1n) is 6.07.